The predicted octanol–water partition coefficient (Wildman–Crippen LogP) is 3.44. The molecule has 0 radical (unpaired) electrons. The first kappa shape index (κ1) is 18.6. The van der Waals surface area contributed by atoms with E-state index in [4.69, 9.17) is 16.3 Å². The quantitative estimate of drug-likeness (QED) is 0.548. The Balaban J connectivity index is 1.41. The molecule has 0 aromatic heterocycles. The van der Waals surface area contributed by atoms with Crippen LogP contribution in [0.25, 0.3) is 0 Å². The van der Waals surface area contributed by atoms with Gasteiger partial charge in [0.05, 0.1) is 4.92 Å². The Labute approximate surface area is 158 Å². The molecule has 7 heteroatoms. The van der Waals surface area contributed by atoms with E-state index < -0.39 is 4.92 Å². The molecule has 6 nitrogen and oxygen atoms in total. The van der Waals surface area contributed by atoms with Crippen LogP contribution in [-0.4, -0.2) is 54.1 Å². The van der Waals surface area contributed by atoms with Crippen LogP contribution in [0.15, 0.2) is 48.5 Å². The molecule has 0 spiro atoms. The number of nitro benzene ring substituents is 1. The summed E-state index contributed by atoms with van der Waals surface area (Å²) < 4.78 is 5.63. The average molecular weight is 376 g/mol. The highest BCUT2D eigenvalue weighted by Gasteiger charge is 2.18. The Morgan fingerprint density at radius 2 is 1.77 bits per heavy atom. The molecule has 2 aromatic carbocycles. The van der Waals surface area contributed by atoms with Gasteiger partial charge in [-0.25, -0.2) is 0 Å². The lowest BCUT2D eigenvalue weighted by atomic mass is 10.2. The minimum Gasteiger partial charge on any atom is -0.485 e. The number of nitro groups is 1. The molecular weight excluding hydrogens is 354 g/mol. The van der Waals surface area contributed by atoms with Crippen molar-refractivity contribution in [2.24, 2.45) is 0 Å². The van der Waals surface area contributed by atoms with Gasteiger partial charge in [-0.05, 0) is 23.8 Å². The van der Waals surface area contributed by atoms with E-state index in [9.17, 15) is 10.1 Å². The summed E-state index contributed by atoms with van der Waals surface area (Å²) in [5.41, 5.74) is 1.24. The maximum absolute atomic E-state index is 11.0. The summed E-state index contributed by atoms with van der Waals surface area (Å²) in [6.45, 7) is 5.99. The lowest BCUT2D eigenvalue weighted by Crippen LogP contribution is -2.47. The molecule has 0 aliphatic carbocycles. The number of piperazine rings is 1. The normalized spacial score (nSPS) is 15.7. The zero-order valence-corrected chi connectivity index (χ0v) is 15.3. The van der Waals surface area contributed by atoms with E-state index in [0.717, 1.165) is 44.3 Å². The molecule has 1 aliphatic heterocycles. The smallest absolute Gasteiger partial charge is 0.310 e. The standard InChI is InChI=1S/C19H22ClN3O3/c20-17-5-3-4-16(14-17)15-22-10-8-21(9-11-22)12-13-26-19-7-2-1-6-18(19)23(24)25/h1-7,14H,8-13,15H2. The van der Waals surface area contributed by atoms with Crippen LogP contribution in [0, 0.1) is 10.1 Å². The molecule has 138 valence electrons. The van der Waals surface area contributed by atoms with Crippen LogP contribution < -0.4 is 4.74 Å². The van der Waals surface area contributed by atoms with Crippen LogP contribution in [0.1, 0.15) is 5.56 Å². The molecule has 1 aliphatic rings. The topological polar surface area (TPSA) is 58.9 Å². The van der Waals surface area contributed by atoms with Crippen LogP contribution in [0.3, 0.4) is 0 Å². The SMILES string of the molecule is O=[N+]([O-])c1ccccc1OCCN1CCN(Cc2cccc(Cl)c2)CC1. The van der Waals surface area contributed by atoms with Crippen molar-refractivity contribution >= 4 is 17.3 Å². The van der Waals surface area contributed by atoms with E-state index in [0.29, 0.717) is 12.4 Å². The highest BCUT2D eigenvalue weighted by atomic mass is 35.5. The van der Waals surface area contributed by atoms with Crippen molar-refractivity contribution in [3.63, 3.8) is 0 Å². The summed E-state index contributed by atoms with van der Waals surface area (Å²) in [7, 11) is 0. The number of hydrogen-bond acceptors (Lipinski definition) is 5. The summed E-state index contributed by atoms with van der Waals surface area (Å²) in [5, 5.41) is 11.8. The van der Waals surface area contributed by atoms with Gasteiger partial charge in [-0.3, -0.25) is 19.9 Å². The summed E-state index contributed by atoms with van der Waals surface area (Å²) in [6.07, 6.45) is 0. The third kappa shape index (κ3) is 5.17. The lowest BCUT2D eigenvalue weighted by molar-refractivity contribution is -0.385. The first-order valence-electron chi connectivity index (χ1n) is 8.67. The van der Waals surface area contributed by atoms with Gasteiger partial charge in [0.25, 0.3) is 0 Å². The van der Waals surface area contributed by atoms with Crippen LogP contribution in [0.4, 0.5) is 5.69 Å². The highest BCUT2D eigenvalue weighted by molar-refractivity contribution is 6.30. The Bertz CT molecular complexity index is 748. The first-order chi connectivity index (χ1) is 12.6. The molecule has 3 rings (SSSR count). The number of halogens is 1. The Kier molecular flexibility index (Phi) is 6.44. The Hall–Kier alpha value is -2.15. The predicted molar refractivity (Wildman–Crippen MR) is 102 cm³/mol. The van der Waals surface area contributed by atoms with Crippen molar-refractivity contribution in [2.75, 3.05) is 39.3 Å². The summed E-state index contributed by atoms with van der Waals surface area (Å²) >= 11 is 6.04. The number of nitrogens with zero attached hydrogens (tertiary/aromatic N) is 3. The minimum absolute atomic E-state index is 0.0128. The van der Waals surface area contributed by atoms with Crippen LogP contribution in [0.2, 0.25) is 5.02 Å². The van der Waals surface area contributed by atoms with Gasteiger partial charge in [-0.2, -0.15) is 0 Å². The maximum Gasteiger partial charge on any atom is 0.310 e. The monoisotopic (exact) mass is 375 g/mol. The highest BCUT2D eigenvalue weighted by Crippen LogP contribution is 2.25. The third-order valence-electron chi connectivity index (χ3n) is 4.49. The van der Waals surface area contributed by atoms with E-state index in [1.807, 2.05) is 18.2 Å². The van der Waals surface area contributed by atoms with Crippen molar-refractivity contribution in [1.82, 2.24) is 9.80 Å². The van der Waals surface area contributed by atoms with Crippen molar-refractivity contribution in [3.05, 3.63) is 69.2 Å². The fourth-order valence-electron chi connectivity index (χ4n) is 3.08. The first-order valence-corrected chi connectivity index (χ1v) is 9.05. The van der Waals surface area contributed by atoms with Crippen molar-refractivity contribution < 1.29 is 9.66 Å². The van der Waals surface area contributed by atoms with E-state index in [2.05, 4.69) is 15.9 Å². The van der Waals surface area contributed by atoms with Gasteiger partial charge in [-0.1, -0.05) is 35.9 Å². The van der Waals surface area contributed by atoms with Gasteiger partial charge in [-0.15, -0.1) is 0 Å². The molecule has 0 atom stereocenters. The maximum atomic E-state index is 11.0. The second-order valence-electron chi connectivity index (χ2n) is 6.32. The fourth-order valence-corrected chi connectivity index (χ4v) is 3.29. The Morgan fingerprint density at radius 1 is 1.04 bits per heavy atom. The van der Waals surface area contributed by atoms with Crippen LogP contribution in [-0.2, 0) is 6.54 Å². The molecule has 0 amide bonds. The van der Waals surface area contributed by atoms with Crippen molar-refractivity contribution in [2.45, 2.75) is 6.54 Å². The average Bonchev–Trinajstić information content (AvgIpc) is 2.63. The zero-order valence-electron chi connectivity index (χ0n) is 14.5. The molecule has 1 fully saturated rings. The molecule has 0 bridgehead atoms. The van der Waals surface area contributed by atoms with E-state index in [-0.39, 0.29) is 5.69 Å². The van der Waals surface area contributed by atoms with Crippen LogP contribution >= 0.6 is 11.6 Å². The molecule has 0 N–H and O–H groups in total. The lowest BCUT2D eigenvalue weighted by Gasteiger charge is -2.34. The second kappa shape index (κ2) is 8.98. The number of rotatable bonds is 7. The molecular formula is C19H22ClN3O3. The van der Waals surface area contributed by atoms with Crippen molar-refractivity contribution in [3.8, 4) is 5.75 Å². The largest absolute Gasteiger partial charge is 0.485 e. The molecule has 1 saturated heterocycles. The number of hydrogen-bond donors (Lipinski definition) is 0. The van der Waals surface area contributed by atoms with Crippen molar-refractivity contribution in [1.29, 1.82) is 0 Å². The van der Waals surface area contributed by atoms with Gasteiger partial charge in [0.1, 0.15) is 6.61 Å². The summed E-state index contributed by atoms with van der Waals surface area (Å²) in [4.78, 5) is 15.3. The molecule has 0 unspecified atom stereocenters. The van der Waals surface area contributed by atoms with Gasteiger partial charge in [0.15, 0.2) is 5.75 Å². The van der Waals surface area contributed by atoms with E-state index >= 15 is 0 Å². The third-order valence-corrected chi connectivity index (χ3v) is 4.72. The van der Waals surface area contributed by atoms with Gasteiger partial charge in [0.2, 0.25) is 0 Å². The van der Waals surface area contributed by atoms with Crippen LogP contribution in [0.5, 0.6) is 5.75 Å². The van der Waals surface area contributed by atoms with E-state index in [1.165, 1.54) is 11.6 Å². The fraction of sp³-hybridized carbons (Fsp3) is 0.368. The number of benzene rings is 2. The molecule has 1 heterocycles. The van der Waals surface area contributed by atoms with Gasteiger partial charge in [0, 0.05) is 50.4 Å². The molecule has 0 saturated carbocycles. The number of para-hydroxylation sites is 2. The zero-order chi connectivity index (χ0) is 18.4. The summed E-state index contributed by atoms with van der Waals surface area (Å²) in [5.74, 6) is 0.331. The van der Waals surface area contributed by atoms with E-state index in [1.54, 1.807) is 18.2 Å². The van der Waals surface area contributed by atoms with Gasteiger partial charge >= 0.3 is 5.69 Å². The number of ether oxygens (including phenoxy) is 1. The molecule has 26 heavy (non-hydrogen) atoms. The minimum atomic E-state index is -0.413. The van der Waals surface area contributed by atoms with Gasteiger partial charge < -0.3 is 4.74 Å². The molecule has 2 aromatic rings. The second-order valence-corrected chi connectivity index (χ2v) is 6.76. The Morgan fingerprint density at radius 3 is 2.50 bits per heavy atom. The summed E-state index contributed by atoms with van der Waals surface area (Å²) in [6, 6.07) is 14.5.